The summed E-state index contributed by atoms with van der Waals surface area (Å²) in [4.78, 5) is 18.1. The zero-order chi connectivity index (χ0) is 17.1. The molecule has 0 saturated heterocycles. The Morgan fingerprint density at radius 1 is 1.38 bits per heavy atom. The number of aryl methyl sites for hydroxylation is 2. The van der Waals surface area contributed by atoms with E-state index in [0.29, 0.717) is 22.7 Å². The number of phenolic OH excluding ortho intramolecular Hbond substituents is 1. The molecule has 1 aliphatic rings. The molecule has 3 rings (SSSR count). The van der Waals surface area contributed by atoms with E-state index in [-0.39, 0.29) is 11.7 Å². The number of carbonyl (C=O) groups is 1. The van der Waals surface area contributed by atoms with Gasteiger partial charge in [0.2, 0.25) is 0 Å². The van der Waals surface area contributed by atoms with Crippen LogP contribution < -0.4 is 0 Å². The van der Waals surface area contributed by atoms with Gasteiger partial charge in [0.15, 0.2) is 0 Å². The lowest BCUT2D eigenvalue weighted by Crippen LogP contribution is -2.09. The number of hydrogen-bond donors (Lipinski definition) is 1. The molecule has 1 heterocycles. The number of nitrogens with zero attached hydrogens (tertiary/aromatic N) is 1. The van der Waals surface area contributed by atoms with Crippen molar-refractivity contribution in [3.63, 3.8) is 0 Å². The van der Waals surface area contributed by atoms with Gasteiger partial charge in [-0.2, -0.15) is 0 Å². The number of rotatable bonds is 4. The summed E-state index contributed by atoms with van der Waals surface area (Å²) in [5.41, 5.74) is 3.34. The van der Waals surface area contributed by atoms with Crippen molar-refractivity contribution in [2.45, 2.75) is 39.5 Å². The standard InChI is InChI=1S/C19H21NO3S/c1-3-23-19(22)17-14-6-4-5-7-16(14)24-18(17)20-11-13-9-8-12(2)10-15(13)21/h8-11,21H,3-7H2,1-2H3. The molecule has 0 radical (unpaired) electrons. The molecule has 0 saturated carbocycles. The molecule has 1 N–H and O–H groups in total. The summed E-state index contributed by atoms with van der Waals surface area (Å²) >= 11 is 1.56. The van der Waals surface area contributed by atoms with Crippen molar-refractivity contribution >= 4 is 28.5 Å². The van der Waals surface area contributed by atoms with Crippen LogP contribution in [0.1, 0.15) is 51.7 Å². The second-order valence-electron chi connectivity index (χ2n) is 5.93. The maximum absolute atomic E-state index is 12.4. The van der Waals surface area contributed by atoms with Gasteiger partial charge in [0.1, 0.15) is 10.8 Å². The fraction of sp³-hybridized carbons (Fsp3) is 0.368. The first kappa shape index (κ1) is 16.7. The number of benzene rings is 1. The molecule has 0 aliphatic heterocycles. The third kappa shape index (κ3) is 3.36. The number of aliphatic imine (C=N–C) groups is 1. The first-order valence-electron chi connectivity index (χ1n) is 8.25. The molecule has 0 fully saturated rings. The van der Waals surface area contributed by atoms with Gasteiger partial charge in [-0.1, -0.05) is 6.07 Å². The van der Waals surface area contributed by atoms with Crippen LogP contribution in [0.3, 0.4) is 0 Å². The molecule has 1 aliphatic carbocycles. The summed E-state index contributed by atoms with van der Waals surface area (Å²) in [6, 6.07) is 5.45. The molecule has 24 heavy (non-hydrogen) atoms. The maximum atomic E-state index is 12.4. The monoisotopic (exact) mass is 343 g/mol. The summed E-state index contributed by atoms with van der Waals surface area (Å²) in [7, 11) is 0. The third-order valence-corrected chi connectivity index (χ3v) is 5.34. The Bertz CT molecular complexity index is 792. The fourth-order valence-corrected chi connectivity index (χ4v) is 4.17. The molecule has 126 valence electrons. The number of hydrogen-bond acceptors (Lipinski definition) is 5. The molecule has 2 aromatic rings. The van der Waals surface area contributed by atoms with Crippen LogP contribution in [0.25, 0.3) is 0 Å². The Balaban J connectivity index is 1.99. The predicted octanol–water partition coefficient (Wildman–Crippen LogP) is 4.57. The normalized spacial score (nSPS) is 13.9. The average Bonchev–Trinajstić information content (AvgIpc) is 2.92. The van der Waals surface area contributed by atoms with Crippen LogP contribution in [0.5, 0.6) is 5.75 Å². The largest absolute Gasteiger partial charge is 0.507 e. The molecular formula is C19H21NO3S. The molecule has 0 amide bonds. The fourth-order valence-electron chi connectivity index (χ4n) is 2.95. The Morgan fingerprint density at radius 2 is 2.17 bits per heavy atom. The minimum Gasteiger partial charge on any atom is -0.507 e. The van der Waals surface area contributed by atoms with Crippen LogP contribution in [0, 0.1) is 6.92 Å². The van der Waals surface area contributed by atoms with Gasteiger partial charge < -0.3 is 9.84 Å². The average molecular weight is 343 g/mol. The SMILES string of the molecule is CCOC(=O)c1c(N=Cc2ccc(C)cc2O)sc2c1CCCC2. The lowest BCUT2D eigenvalue weighted by Gasteiger charge is -2.11. The quantitative estimate of drug-likeness (QED) is 0.653. The van der Waals surface area contributed by atoms with E-state index in [1.165, 1.54) is 4.88 Å². The number of fused-ring (bicyclic) bond motifs is 1. The molecule has 1 aromatic carbocycles. The van der Waals surface area contributed by atoms with E-state index in [0.717, 1.165) is 36.8 Å². The minimum atomic E-state index is -0.294. The molecular weight excluding hydrogens is 322 g/mol. The molecule has 0 atom stereocenters. The maximum Gasteiger partial charge on any atom is 0.341 e. The summed E-state index contributed by atoms with van der Waals surface area (Å²) in [6.07, 6.45) is 5.77. The van der Waals surface area contributed by atoms with Gasteiger partial charge in [-0.05, 0) is 62.8 Å². The highest BCUT2D eigenvalue weighted by Gasteiger charge is 2.26. The lowest BCUT2D eigenvalue weighted by molar-refractivity contribution is 0.0526. The van der Waals surface area contributed by atoms with E-state index < -0.39 is 0 Å². The summed E-state index contributed by atoms with van der Waals surface area (Å²) < 4.78 is 5.23. The van der Waals surface area contributed by atoms with Crippen molar-refractivity contribution < 1.29 is 14.6 Å². The second-order valence-corrected chi connectivity index (χ2v) is 7.02. The topological polar surface area (TPSA) is 58.9 Å². The number of phenols is 1. The molecule has 5 heteroatoms. The van der Waals surface area contributed by atoms with E-state index in [9.17, 15) is 9.90 Å². The number of ether oxygens (including phenoxy) is 1. The molecule has 0 unspecified atom stereocenters. The second kappa shape index (κ2) is 7.18. The highest BCUT2D eigenvalue weighted by Crippen LogP contribution is 2.40. The zero-order valence-electron chi connectivity index (χ0n) is 14.0. The Kier molecular flexibility index (Phi) is 5.00. The first-order chi connectivity index (χ1) is 11.6. The Hall–Kier alpha value is -2.14. The summed E-state index contributed by atoms with van der Waals surface area (Å²) in [5, 5.41) is 10.7. The Labute approximate surface area is 145 Å². The molecule has 0 spiro atoms. The van der Waals surface area contributed by atoms with Gasteiger partial charge in [-0.25, -0.2) is 9.79 Å². The van der Waals surface area contributed by atoms with Crippen molar-refractivity contribution in [1.82, 2.24) is 0 Å². The van der Waals surface area contributed by atoms with Gasteiger partial charge in [0, 0.05) is 16.7 Å². The van der Waals surface area contributed by atoms with Gasteiger partial charge in [0.25, 0.3) is 0 Å². The lowest BCUT2D eigenvalue weighted by atomic mass is 9.95. The van der Waals surface area contributed by atoms with E-state index in [1.807, 2.05) is 26.0 Å². The molecule has 0 bridgehead atoms. The van der Waals surface area contributed by atoms with Crippen molar-refractivity contribution in [1.29, 1.82) is 0 Å². The van der Waals surface area contributed by atoms with Gasteiger partial charge >= 0.3 is 5.97 Å². The number of thiophene rings is 1. The Morgan fingerprint density at radius 3 is 2.92 bits per heavy atom. The van der Waals surface area contributed by atoms with Crippen LogP contribution in [-0.4, -0.2) is 23.9 Å². The third-order valence-electron chi connectivity index (χ3n) is 4.14. The van der Waals surface area contributed by atoms with E-state index in [2.05, 4.69) is 4.99 Å². The van der Waals surface area contributed by atoms with Gasteiger partial charge in [0.05, 0.1) is 12.2 Å². The van der Waals surface area contributed by atoms with Gasteiger partial charge in [-0.3, -0.25) is 0 Å². The van der Waals surface area contributed by atoms with Crippen LogP contribution in [0.15, 0.2) is 23.2 Å². The zero-order valence-corrected chi connectivity index (χ0v) is 14.8. The van der Waals surface area contributed by atoms with Crippen LogP contribution in [-0.2, 0) is 17.6 Å². The van der Waals surface area contributed by atoms with Crippen molar-refractivity contribution in [3.05, 3.63) is 45.3 Å². The van der Waals surface area contributed by atoms with Crippen molar-refractivity contribution in [2.75, 3.05) is 6.61 Å². The molecule has 4 nitrogen and oxygen atoms in total. The van der Waals surface area contributed by atoms with Crippen molar-refractivity contribution in [2.24, 2.45) is 4.99 Å². The summed E-state index contributed by atoms with van der Waals surface area (Å²) in [6.45, 7) is 4.09. The van der Waals surface area contributed by atoms with E-state index in [4.69, 9.17) is 4.74 Å². The van der Waals surface area contributed by atoms with E-state index in [1.54, 1.807) is 23.6 Å². The van der Waals surface area contributed by atoms with Gasteiger partial charge in [-0.15, -0.1) is 11.3 Å². The van der Waals surface area contributed by atoms with Crippen LogP contribution >= 0.6 is 11.3 Å². The molecule has 1 aromatic heterocycles. The van der Waals surface area contributed by atoms with Crippen LogP contribution in [0.2, 0.25) is 0 Å². The minimum absolute atomic E-state index is 0.192. The highest BCUT2D eigenvalue weighted by molar-refractivity contribution is 7.16. The first-order valence-corrected chi connectivity index (χ1v) is 9.07. The highest BCUT2D eigenvalue weighted by atomic mass is 32.1. The number of esters is 1. The summed E-state index contributed by atoms with van der Waals surface area (Å²) in [5.74, 6) is -0.102. The number of carbonyl (C=O) groups excluding carboxylic acids is 1. The predicted molar refractivity (Wildman–Crippen MR) is 97.0 cm³/mol. The van der Waals surface area contributed by atoms with Crippen molar-refractivity contribution in [3.8, 4) is 5.75 Å². The van der Waals surface area contributed by atoms with Crippen LogP contribution in [0.4, 0.5) is 5.00 Å². The van der Waals surface area contributed by atoms with E-state index >= 15 is 0 Å². The smallest absolute Gasteiger partial charge is 0.341 e. The number of aromatic hydroxyl groups is 1.